The molecule has 0 N–H and O–H groups in total. The van der Waals surface area contributed by atoms with Crippen molar-refractivity contribution in [1.29, 1.82) is 0 Å². The van der Waals surface area contributed by atoms with Crippen molar-refractivity contribution in [2.45, 2.75) is 0 Å². The molecule has 0 unspecified atom stereocenters. The van der Waals surface area contributed by atoms with Crippen LogP contribution in [0.25, 0.3) is 16.3 Å². The summed E-state index contributed by atoms with van der Waals surface area (Å²) in [6, 6.07) is 15.0. The van der Waals surface area contributed by atoms with Gasteiger partial charge in [-0.2, -0.15) is 5.10 Å². The van der Waals surface area contributed by atoms with Gasteiger partial charge in [0.15, 0.2) is 0 Å². The van der Waals surface area contributed by atoms with Gasteiger partial charge in [-0.05, 0) is 48.8 Å². The third-order valence-corrected chi connectivity index (χ3v) is 5.27. The summed E-state index contributed by atoms with van der Waals surface area (Å²) in [5.41, 5.74) is 3.55. The minimum absolute atomic E-state index is 1.10. The van der Waals surface area contributed by atoms with Crippen LogP contribution in [0.1, 0.15) is 0 Å². The molecule has 0 amide bonds. The van der Waals surface area contributed by atoms with Crippen LogP contribution >= 0.6 is 11.3 Å². The molecule has 3 aromatic rings. The van der Waals surface area contributed by atoms with Crippen LogP contribution in [-0.4, -0.2) is 47.9 Å². The lowest BCUT2D eigenvalue weighted by Crippen LogP contribution is -2.44. The molecular formula is C18H20N4S. The van der Waals surface area contributed by atoms with Gasteiger partial charge in [0, 0.05) is 31.9 Å². The lowest BCUT2D eigenvalue weighted by atomic mass is 10.2. The van der Waals surface area contributed by atoms with E-state index in [0.29, 0.717) is 0 Å². The molecule has 4 nitrogen and oxygen atoms in total. The van der Waals surface area contributed by atoms with E-state index < -0.39 is 0 Å². The fraction of sp³-hybridized carbons (Fsp3) is 0.278. The third kappa shape index (κ3) is 2.90. The normalized spacial score (nSPS) is 16.0. The molecule has 2 aromatic heterocycles. The summed E-state index contributed by atoms with van der Waals surface area (Å²) >= 11 is 1.74. The maximum absolute atomic E-state index is 4.50. The van der Waals surface area contributed by atoms with Crippen molar-refractivity contribution in [3.8, 4) is 16.3 Å². The maximum Gasteiger partial charge on any atom is 0.0840 e. The minimum atomic E-state index is 1.10. The first-order valence-electron chi connectivity index (χ1n) is 7.93. The third-order valence-electron chi connectivity index (χ3n) is 4.38. The first-order chi connectivity index (χ1) is 11.3. The van der Waals surface area contributed by atoms with Crippen LogP contribution in [0.4, 0.5) is 5.69 Å². The molecule has 0 spiro atoms. The maximum atomic E-state index is 4.50. The highest BCUT2D eigenvalue weighted by Crippen LogP contribution is 2.27. The molecule has 0 radical (unpaired) electrons. The van der Waals surface area contributed by atoms with E-state index in [9.17, 15) is 0 Å². The van der Waals surface area contributed by atoms with Gasteiger partial charge < -0.3 is 9.80 Å². The fourth-order valence-electron chi connectivity index (χ4n) is 2.99. The largest absolute Gasteiger partial charge is 0.369 e. The van der Waals surface area contributed by atoms with Crippen molar-refractivity contribution in [1.82, 2.24) is 14.7 Å². The van der Waals surface area contributed by atoms with E-state index in [1.54, 1.807) is 11.3 Å². The summed E-state index contributed by atoms with van der Waals surface area (Å²) in [4.78, 5) is 6.07. The Labute approximate surface area is 140 Å². The summed E-state index contributed by atoms with van der Waals surface area (Å²) in [5.74, 6) is 0. The van der Waals surface area contributed by atoms with E-state index in [1.165, 1.54) is 10.6 Å². The van der Waals surface area contributed by atoms with E-state index in [1.807, 2.05) is 10.9 Å². The van der Waals surface area contributed by atoms with Crippen LogP contribution in [0.15, 0.2) is 54.0 Å². The first kappa shape index (κ1) is 14.5. The quantitative estimate of drug-likeness (QED) is 0.738. The summed E-state index contributed by atoms with van der Waals surface area (Å²) < 4.78 is 2.01. The highest BCUT2D eigenvalue weighted by Gasteiger charge is 2.14. The predicted molar refractivity (Wildman–Crippen MR) is 96.6 cm³/mol. The van der Waals surface area contributed by atoms with Crippen molar-refractivity contribution >= 4 is 17.0 Å². The molecule has 23 heavy (non-hydrogen) atoms. The van der Waals surface area contributed by atoms with Crippen molar-refractivity contribution in [3.63, 3.8) is 0 Å². The number of nitrogens with zero attached hydrogens (tertiary/aromatic N) is 4. The highest BCUT2D eigenvalue weighted by molar-refractivity contribution is 7.13. The van der Waals surface area contributed by atoms with E-state index in [0.717, 1.165) is 37.6 Å². The smallest absolute Gasteiger partial charge is 0.0840 e. The molecule has 0 saturated carbocycles. The van der Waals surface area contributed by atoms with Gasteiger partial charge in [-0.15, -0.1) is 11.3 Å². The number of benzene rings is 1. The number of hydrogen-bond acceptors (Lipinski definition) is 4. The number of thiophene rings is 1. The Bertz CT molecular complexity index is 753. The van der Waals surface area contributed by atoms with Gasteiger partial charge in [0.25, 0.3) is 0 Å². The van der Waals surface area contributed by atoms with Crippen LogP contribution in [-0.2, 0) is 0 Å². The van der Waals surface area contributed by atoms with E-state index in [4.69, 9.17) is 0 Å². The SMILES string of the molecule is CN1CCN(c2ccc(-n3nccc3-c3cccs3)cc2)CC1. The van der Waals surface area contributed by atoms with Crippen LogP contribution in [0.2, 0.25) is 0 Å². The Morgan fingerprint density at radius 3 is 2.35 bits per heavy atom. The number of rotatable bonds is 3. The van der Waals surface area contributed by atoms with Crippen molar-refractivity contribution in [3.05, 3.63) is 54.0 Å². The van der Waals surface area contributed by atoms with E-state index in [2.05, 4.69) is 69.8 Å². The second kappa shape index (κ2) is 6.18. The number of likely N-dealkylation sites (N-methyl/N-ethyl adjacent to an activating group) is 1. The molecule has 118 valence electrons. The number of piperazine rings is 1. The number of aromatic nitrogens is 2. The lowest BCUT2D eigenvalue weighted by Gasteiger charge is -2.34. The molecule has 1 aromatic carbocycles. The Morgan fingerprint density at radius 2 is 1.65 bits per heavy atom. The first-order valence-corrected chi connectivity index (χ1v) is 8.81. The topological polar surface area (TPSA) is 24.3 Å². The molecule has 1 aliphatic rings. The second-order valence-electron chi connectivity index (χ2n) is 5.91. The average Bonchev–Trinajstić information content (AvgIpc) is 3.27. The van der Waals surface area contributed by atoms with Crippen LogP contribution in [0, 0.1) is 0 Å². The zero-order chi connectivity index (χ0) is 15.6. The molecule has 3 heterocycles. The molecule has 5 heteroatoms. The van der Waals surface area contributed by atoms with Gasteiger partial charge in [0.05, 0.1) is 22.5 Å². The Kier molecular flexibility index (Phi) is 3.89. The fourth-order valence-corrected chi connectivity index (χ4v) is 3.73. The Hall–Kier alpha value is -2.11. The van der Waals surface area contributed by atoms with Crippen LogP contribution in [0.3, 0.4) is 0 Å². The molecule has 0 aliphatic carbocycles. The number of hydrogen-bond donors (Lipinski definition) is 0. The molecule has 1 saturated heterocycles. The highest BCUT2D eigenvalue weighted by atomic mass is 32.1. The Balaban J connectivity index is 1.58. The summed E-state index contributed by atoms with van der Waals surface area (Å²) in [7, 11) is 2.18. The average molecular weight is 324 g/mol. The van der Waals surface area contributed by atoms with Gasteiger partial charge >= 0.3 is 0 Å². The van der Waals surface area contributed by atoms with E-state index in [-0.39, 0.29) is 0 Å². The lowest BCUT2D eigenvalue weighted by molar-refractivity contribution is 0.313. The molecule has 0 bridgehead atoms. The summed E-state index contributed by atoms with van der Waals surface area (Å²) in [6.07, 6.45) is 1.86. The molecular weight excluding hydrogens is 304 g/mol. The van der Waals surface area contributed by atoms with E-state index >= 15 is 0 Å². The predicted octanol–water partition coefficient (Wildman–Crippen LogP) is 3.35. The molecule has 1 fully saturated rings. The van der Waals surface area contributed by atoms with Crippen LogP contribution in [0.5, 0.6) is 0 Å². The molecule has 1 aliphatic heterocycles. The van der Waals surface area contributed by atoms with Crippen molar-refractivity contribution in [2.75, 3.05) is 38.1 Å². The molecule has 0 atom stereocenters. The van der Waals surface area contributed by atoms with Gasteiger partial charge in [0.1, 0.15) is 0 Å². The zero-order valence-corrected chi connectivity index (χ0v) is 14.0. The number of anilines is 1. The molecule has 4 rings (SSSR count). The van der Waals surface area contributed by atoms with Gasteiger partial charge in [-0.3, -0.25) is 0 Å². The van der Waals surface area contributed by atoms with Crippen molar-refractivity contribution in [2.24, 2.45) is 0 Å². The standard InChI is InChI=1S/C18H20N4S/c1-20-10-12-21(13-11-20)15-4-6-16(7-5-15)22-17(8-9-19-22)18-3-2-14-23-18/h2-9,14H,10-13H2,1H3. The minimum Gasteiger partial charge on any atom is -0.369 e. The summed E-state index contributed by atoms with van der Waals surface area (Å²) in [5, 5.41) is 6.60. The monoisotopic (exact) mass is 324 g/mol. The van der Waals surface area contributed by atoms with Gasteiger partial charge in [-0.1, -0.05) is 6.07 Å². The van der Waals surface area contributed by atoms with Crippen molar-refractivity contribution < 1.29 is 0 Å². The van der Waals surface area contributed by atoms with Gasteiger partial charge in [-0.25, -0.2) is 4.68 Å². The Morgan fingerprint density at radius 1 is 0.913 bits per heavy atom. The second-order valence-corrected chi connectivity index (χ2v) is 6.86. The zero-order valence-electron chi connectivity index (χ0n) is 13.2. The summed E-state index contributed by atoms with van der Waals surface area (Å²) in [6.45, 7) is 4.45. The van der Waals surface area contributed by atoms with Gasteiger partial charge in [0.2, 0.25) is 0 Å². The van der Waals surface area contributed by atoms with Crippen LogP contribution < -0.4 is 4.90 Å².